The number of aromatic nitrogens is 1. The third-order valence-electron chi connectivity index (χ3n) is 2.67. The molecule has 0 atom stereocenters. The Balaban J connectivity index is 2.19. The summed E-state index contributed by atoms with van der Waals surface area (Å²) < 4.78 is 27.7. The van der Waals surface area contributed by atoms with E-state index in [-0.39, 0.29) is 22.3 Å². The number of sulfonamides is 1. The zero-order valence-corrected chi connectivity index (χ0v) is 13.8. The van der Waals surface area contributed by atoms with E-state index in [0.29, 0.717) is 0 Å². The van der Waals surface area contributed by atoms with Crippen molar-refractivity contribution in [2.24, 2.45) is 5.84 Å². The number of rotatable bonds is 5. The minimum atomic E-state index is -3.71. The molecular weight excluding hydrogens is 380 g/mol. The molecule has 2 aromatic rings. The van der Waals surface area contributed by atoms with Crippen LogP contribution in [0.2, 0.25) is 5.02 Å². The topological polar surface area (TPSA) is 97.1 Å². The molecular formula is C12H12BrClN4O2S. The number of benzene rings is 1. The molecule has 112 valence electrons. The number of hydrogen-bond acceptors (Lipinski definition) is 5. The summed E-state index contributed by atoms with van der Waals surface area (Å²) in [5, 5.41) is 0.126. The van der Waals surface area contributed by atoms with Crippen molar-refractivity contribution in [3.05, 3.63) is 51.6 Å². The minimum Gasteiger partial charge on any atom is -0.307 e. The molecule has 0 spiro atoms. The smallest absolute Gasteiger partial charge is 0.242 e. The molecule has 0 unspecified atom stereocenters. The van der Waals surface area contributed by atoms with E-state index >= 15 is 0 Å². The number of nitrogens with one attached hydrogen (secondary N) is 2. The summed E-state index contributed by atoms with van der Waals surface area (Å²) in [4.78, 5) is 3.81. The van der Waals surface area contributed by atoms with Gasteiger partial charge in [-0.3, -0.25) is 0 Å². The molecule has 0 aliphatic rings. The average molecular weight is 392 g/mol. The lowest BCUT2D eigenvalue weighted by Crippen LogP contribution is -2.23. The van der Waals surface area contributed by atoms with Gasteiger partial charge in [-0.05, 0) is 17.7 Å². The van der Waals surface area contributed by atoms with Crippen molar-refractivity contribution in [3.63, 3.8) is 0 Å². The first kappa shape index (κ1) is 16.2. The van der Waals surface area contributed by atoms with Gasteiger partial charge >= 0.3 is 0 Å². The number of pyridine rings is 1. The van der Waals surface area contributed by atoms with Crippen LogP contribution in [0.3, 0.4) is 0 Å². The molecule has 0 fully saturated rings. The number of nitrogen functional groups attached to an aromatic ring is 1. The van der Waals surface area contributed by atoms with Crippen molar-refractivity contribution in [1.29, 1.82) is 0 Å². The summed E-state index contributed by atoms with van der Waals surface area (Å²) in [7, 11) is -3.71. The predicted molar refractivity (Wildman–Crippen MR) is 85.2 cm³/mol. The molecule has 0 aliphatic heterocycles. The third kappa shape index (κ3) is 3.92. The quantitative estimate of drug-likeness (QED) is 0.536. The molecule has 1 heterocycles. The molecule has 9 heteroatoms. The first-order chi connectivity index (χ1) is 9.94. The fraction of sp³-hybridized carbons (Fsp3) is 0.0833. The molecule has 0 bridgehead atoms. The van der Waals surface area contributed by atoms with Crippen LogP contribution in [0.25, 0.3) is 0 Å². The number of hydrazine groups is 1. The molecule has 1 aromatic heterocycles. The Kier molecular flexibility index (Phi) is 5.17. The van der Waals surface area contributed by atoms with Gasteiger partial charge in [0.25, 0.3) is 0 Å². The predicted octanol–water partition coefficient (Wildman–Crippen LogP) is 2.26. The van der Waals surface area contributed by atoms with Crippen LogP contribution >= 0.6 is 27.5 Å². The van der Waals surface area contributed by atoms with Gasteiger partial charge in [0.2, 0.25) is 10.0 Å². The lowest BCUT2D eigenvalue weighted by atomic mass is 10.2. The maximum atomic E-state index is 12.2. The van der Waals surface area contributed by atoms with E-state index in [9.17, 15) is 8.42 Å². The maximum Gasteiger partial charge on any atom is 0.242 e. The van der Waals surface area contributed by atoms with Crippen LogP contribution in [0.4, 0.5) is 5.82 Å². The molecule has 0 amide bonds. The van der Waals surface area contributed by atoms with E-state index in [1.165, 1.54) is 12.3 Å². The van der Waals surface area contributed by atoms with E-state index < -0.39 is 10.0 Å². The lowest BCUT2D eigenvalue weighted by Gasteiger charge is -2.09. The van der Waals surface area contributed by atoms with Gasteiger partial charge in [-0.1, -0.05) is 45.7 Å². The monoisotopic (exact) mass is 390 g/mol. The highest BCUT2D eigenvalue weighted by Crippen LogP contribution is 2.22. The summed E-state index contributed by atoms with van der Waals surface area (Å²) in [6.45, 7) is 0.151. The SMILES string of the molecule is NNc1ncc(S(=O)(=O)NCc2ccccc2Br)cc1Cl. The summed E-state index contributed by atoms with van der Waals surface area (Å²) in [5.74, 6) is 5.40. The Morgan fingerprint density at radius 3 is 2.67 bits per heavy atom. The van der Waals surface area contributed by atoms with E-state index in [1.807, 2.05) is 24.3 Å². The molecule has 0 saturated heterocycles. The largest absolute Gasteiger partial charge is 0.307 e. The molecule has 6 nitrogen and oxygen atoms in total. The fourth-order valence-corrected chi connectivity index (χ4v) is 3.26. The second-order valence-corrected chi connectivity index (χ2v) is 7.09. The Hall–Kier alpha value is -1.19. The lowest BCUT2D eigenvalue weighted by molar-refractivity contribution is 0.581. The van der Waals surface area contributed by atoms with Gasteiger partial charge in [0.1, 0.15) is 4.90 Å². The van der Waals surface area contributed by atoms with Crippen LogP contribution in [0.1, 0.15) is 5.56 Å². The van der Waals surface area contributed by atoms with Gasteiger partial charge in [-0.15, -0.1) is 0 Å². The van der Waals surface area contributed by atoms with Gasteiger partial charge in [0.05, 0.1) is 5.02 Å². The van der Waals surface area contributed by atoms with Gasteiger partial charge in [-0.25, -0.2) is 24.0 Å². The second-order valence-electron chi connectivity index (χ2n) is 4.06. The van der Waals surface area contributed by atoms with Crippen LogP contribution in [-0.2, 0) is 16.6 Å². The number of nitrogens with zero attached hydrogens (tertiary/aromatic N) is 1. The maximum absolute atomic E-state index is 12.2. The van der Waals surface area contributed by atoms with E-state index in [2.05, 4.69) is 31.1 Å². The zero-order chi connectivity index (χ0) is 15.5. The number of hydrogen-bond donors (Lipinski definition) is 3. The summed E-state index contributed by atoms with van der Waals surface area (Å²) in [6.07, 6.45) is 1.18. The number of anilines is 1. The highest BCUT2D eigenvalue weighted by Gasteiger charge is 2.16. The fourth-order valence-electron chi connectivity index (χ4n) is 1.57. The van der Waals surface area contributed by atoms with Crippen molar-refractivity contribution in [3.8, 4) is 0 Å². The van der Waals surface area contributed by atoms with E-state index in [0.717, 1.165) is 10.0 Å². The van der Waals surface area contributed by atoms with Crippen LogP contribution in [0, 0.1) is 0 Å². The van der Waals surface area contributed by atoms with Crippen molar-refractivity contribution in [2.45, 2.75) is 11.4 Å². The van der Waals surface area contributed by atoms with Gasteiger partial charge in [0.15, 0.2) is 5.82 Å². The normalized spacial score (nSPS) is 11.4. The van der Waals surface area contributed by atoms with Gasteiger partial charge in [-0.2, -0.15) is 0 Å². The molecule has 1 aromatic carbocycles. The molecule has 0 radical (unpaired) electrons. The summed E-state index contributed by atoms with van der Waals surface area (Å²) >= 11 is 9.23. The zero-order valence-electron chi connectivity index (χ0n) is 10.7. The van der Waals surface area contributed by atoms with Crippen molar-refractivity contribution >= 4 is 43.4 Å². The first-order valence-corrected chi connectivity index (χ1v) is 8.44. The highest BCUT2D eigenvalue weighted by atomic mass is 79.9. The third-order valence-corrected chi connectivity index (χ3v) is 5.10. The Labute approximate surface area is 135 Å². The highest BCUT2D eigenvalue weighted by molar-refractivity contribution is 9.10. The summed E-state index contributed by atoms with van der Waals surface area (Å²) in [6, 6.07) is 8.62. The van der Waals surface area contributed by atoms with Crippen LogP contribution < -0.4 is 16.0 Å². The molecule has 4 N–H and O–H groups in total. The van der Waals surface area contributed by atoms with Gasteiger partial charge in [0, 0.05) is 17.2 Å². The standard InChI is InChI=1S/C12H12BrClN4O2S/c13-10-4-2-1-3-8(10)6-17-21(19,20)9-5-11(14)12(18-15)16-7-9/h1-5,7,17H,6,15H2,(H,16,18). The van der Waals surface area contributed by atoms with E-state index in [4.69, 9.17) is 17.4 Å². The molecule has 0 aliphatic carbocycles. The molecule has 2 rings (SSSR count). The van der Waals surface area contributed by atoms with Crippen LogP contribution in [0.5, 0.6) is 0 Å². The Bertz CT molecular complexity index is 755. The van der Waals surface area contributed by atoms with E-state index in [1.54, 1.807) is 0 Å². The van der Waals surface area contributed by atoms with Crippen molar-refractivity contribution < 1.29 is 8.42 Å². The van der Waals surface area contributed by atoms with Crippen molar-refractivity contribution in [2.75, 3.05) is 5.43 Å². The summed E-state index contributed by atoms with van der Waals surface area (Å²) in [5.41, 5.74) is 3.09. The van der Waals surface area contributed by atoms with Crippen LogP contribution in [0.15, 0.2) is 45.9 Å². The average Bonchev–Trinajstić information content (AvgIpc) is 2.46. The minimum absolute atomic E-state index is 0.0291. The Morgan fingerprint density at radius 1 is 1.33 bits per heavy atom. The number of halogens is 2. The van der Waals surface area contributed by atoms with Crippen molar-refractivity contribution in [1.82, 2.24) is 9.71 Å². The number of nitrogens with two attached hydrogens (primary N) is 1. The second kappa shape index (κ2) is 6.71. The Morgan fingerprint density at radius 2 is 2.05 bits per heavy atom. The first-order valence-electron chi connectivity index (χ1n) is 5.79. The molecule has 0 saturated carbocycles. The van der Waals surface area contributed by atoms with Crippen LogP contribution in [-0.4, -0.2) is 13.4 Å². The van der Waals surface area contributed by atoms with Gasteiger partial charge < -0.3 is 5.43 Å². The molecule has 21 heavy (non-hydrogen) atoms.